The molecule has 0 aliphatic carbocycles. The summed E-state index contributed by atoms with van der Waals surface area (Å²) in [5.74, 6) is 0.762. The number of likely N-dealkylation sites (tertiary alicyclic amines) is 1. The molecule has 0 amide bonds. The molecule has 2 fully saturated rings. The highest BCUT2D eigenvalue weighted by Crippen LogP contribution is 2.36. The van der Waals surface area contributed by atoms with Gasteiger partial charge in [0.15, 0.2) is 0 Å². The van der Waals surface area contributed by atoms with Crippen LogP contribution in [0.25, 0.3) is 10.9 Å². The summed E-state index contributed by atoms with van der Waals surface area (Å²) in [4.78, 5) is 9.30. The monoisotopic (exact) mass is 447 g/mol. The van der Waals surface area contributed by atoms with E-state index in [0.717, 1.165) is 48.8 Å². The minimum absolute atomic E-state index is 0. The first-order valence-corrected chi connectivity index (χ1v) is 11.2. The van der Waals surface area contributed by atoms with Crippen LogP contribution in [0.5, 0.6) is 0 Å². The maximum absolute atomic E-state index is 13.5. The number of anilines is 1. The highest BCUT2D eigenvalue weighted by atomic mass is 35.5. The van der Waals surface area contributed by atoms with Gasteiger partial charge in [-0.3, -0.25) is 4.98 Å². The summed E-state index contributed by atoms with van der Waals surface area (Å²) in [5, 5.41) is 0.772. The number of sulfone groups is 1. The molecule has 0 saturated carbocycles. The number of hydrogen-bond acceptors (Lipinski definition) is 5. The molecule has 2 aromatic carbocycles. The number of rotatable bonds is 3. The van der Waals surface area contributed by atoms with Crippen molar-refractivity contribution in [2.24, 2.45) is 11.8 Å². The lowest BCUT2D eigenvalue weighted by atomic mass is 10.0. The minimum Gasteiger partial charge on any atom is -0.369 e. The van der Waals surface area contributed by atoms with Gasteiger partial charge in [-0.1, -0.05) is 18.2 Å². The van der Waals surface area contributed by atoms with E-state index >= 15 is 0 Å². The fourth-order valence-corrected chi connectivity index (χ4v) is 5.99. The molecule has 2 saturated heterocycles. The third-order valence-corrected chi connectivity index (χ3v) is 7.81. The Hall–Kier alpha value is -2.22. The van der Waals surface area contributed by atoms with Crippen molar-refractivity contribution in [3.8, 4) is 0 Å². The summed E-state index contributed by atoms with van der Waals surface area (Å²) in [6.07, 6.45) is 1.39. The molecule has 0 bridgehead atoms. The molecule has 3 heterocycles. The second kappa shape index (κ2) is 7.80. The van der Waals surface area contributed by atoms with Crippen molar-refractivity contribution < 1.29 is 12.8 Å². The number of aromatic nitrogens is 1. The average molecular weight is 448 g/mol. The predicted molar refractivity (Wildman–Crippen MR) is 118 cm³/mol. The van der Waals surface area contributed by atoms with Gasteiger partial charge in [-0.05, 0) is 49.2 Å². The first-order chi connectivity index (χ1) is 13.9. The van der Waals surface area contributed by atoms with Gasteiger partial charge in [0.1, 0.15) is 5.82 Å². The number of hydrogen-bond donors (Lipinski definition) is 0. The third kappa shape index (κ3) is 3.55. The van der Waals surface area contributed by atoms with Crippen molar-refractivity contribution in [1.82, 2.24) is 9.88 Å². The van der Waals surface area contributed by atoms with E-state index in [9.17, 15) is 12.8 Å². The highest BCUT2D eigenvalue weighted by Gasteiger charge is 2.39. The second-order valence-electron chi connectivity index (χ2n) is 8.13. The summed E-state index contributed by atoms with van der Waals surface area (Å²) in [7, 11) is -1.66. The molecule has 5 nitrogen and oxygen atoms in total. The molecule has 30 heavy (non-hydrogen) atoms. The minimum atomic E-state index is -3.82. The van der Waals surface area contributed by atoms with Gasteiger partial charge in [-0.2, -0.15) is 0 Å². The van der Waals surface area contributed by atoms with Gasteiger partial charge < -0.3 is 9.80 Å². The summed E-state index contributed by atoms with van der Waals surface area (Å²) < 4.78 is 39.3. The van der Waals surface area contributed by atoms with Crippen molar-refractivity contribution in [1.29, 1.82) is 0 Å². The second-order valence-corrected chi connectivity index (χ2v) is 10.1. The molecule has 2 atom stereocenters. The molecule has 1 aromatic heterocycles. The van der Waals surface area contributed by atoms with Crippen LogP contribution in [0.15, 0.2) is 64.5 Å². The Morgan fingerprint density at radius 2 is 1.67 bits per heavy atom. The van der Waals surface area contributed by atoms with Gasteiger partial charge in [0, 0.05) is 37.8 Å². The van der Waals surface area contributed by atoms with Crippen molar-refractivity contribution in [3.05, 3.63) is 60.5 Å². The fourth-order valence-electron chi connectivity index (χ4n) is 4.72. The van der Waals surface area contributed by atoms with E-state index in [-0.39, 0.29) is 22.2 Å². The van der Waals surface area contributed by atoms with Gasteiger partial charge in [0.2, 0.25) is 9.84 Å². The smallest absolute Gasteiger partial charge is 0.208 e. The van der Waals surface area contributed by atoms with E-state index in [1.165, 1.54) is 24.4 Å². The number of para-hydroxylation sites is 1. The number of benzene rings is 2. The molecule has 2 aliphatic rings. The summed E-state index contributed by atoms with van der Waals surface area (Å²) >= 11 is 0. The number of pyridine rings is 1. The predicted octanol–water partition coefficient (Wildman–Crippen LogP) is 3.63. The summed E-state index contributed by atoms with van der Waals surface area (Å²) in [6, 6.07) is 12.6. The largest absolute Gasteiger partial charge is 0.369 e. The van der Waals surface area contributed by atoms with Gasteiger partial charge in [0.25, 0.3) is 0 Å². The summed E-state index contributed by atoms with van der Waals surface area (Å²) in [6.45, 7) is 4.24. The Kier molecular flexibility index (Phi) is 5.46. The van der Waals surface area contributed by atoms with Crippen LogP contribution in [0.3, 0.4) is 0 Å². The zero-order chi connectivity index (χ0) is 20.2. The van der Waals surface area contributed by atoms with Gasteiger partial charge in [-0.25, -0.2) is 12.8 Å². The van der Waals surface area contributed by atoms with Crippen LogP contribution < -0.4 is 4.90 Å². The van der Waals surface area contributed by atoms with E-state index in [1.54, 1.807) is 6.07 Å². The fraction of sp³-hybridized carbons (Fsp3) is 0.318. The molecular formula is C22H23ClFN3O2S. The molecule has 0 spiro atoms. The molecule has 0 radical (unpaired) electrons. The van der Waals surface area contributed by atoms with Crippen LogP contribution in [0.4, 0.5) is 10.1 Å². The molecule has 3 aromatic rings. The van der Waals surface area contributed by atoms with Crippen LogP contribution in [0.2, 0.25) is 0 Å². The number of nitrogens with zero attached hydrogens (tertiary/aromatic N) is 3. The zero-order valence-corrected chi connectivity index (χ0v) is 18.2. The molecule has 158 valence electrons. The van der Waals surface area contributed by atoms with Crippen LogP contribution in [0.1, 0.15) is 0 Å². The van der Waals surface area contributed by atoms with Crippen molar-refractivity contribution in [2.45, 2.75) is 9.79 Å². The Morgan fingerprint density at radius 3 is 2.37 bits per heavy atom. The molecule has 2 aliphatic heterocycles. The lowest BCUT2D eigenvalue weighted by molar-refractivity contribution is 0.387. The van der Waals surface area contributed by atoms with Crippen LogP contribution in [-0.2, 0) is 9.84 Å². The standard InChI is InChI=1S/C22H22FN3O2S.ClH/c1-25-11-16-13-26(14-17(16)12-25)21-7-2-4-15-8-20(10-24-22(15)21)29(27,28)19-6-3-5-18(23)9-19;/h2-10,16-17H,11-14H2,1H3;1H/t16-,17+;. The molecule has 0 N–H and O–H groups in total. The SMILES string of the molecule is CN1C[C@@H]2CN(c3cccc4cc(S(=O)(=O)c5cccc(F)c5)cnc34)C[C@@H]2C1.Cl. The van der Waals surface area contributed by atoms with Gasteiger partial charge in [-0.15, -0.1) is 12.4 Å². The zero-order valence-electron chi connectivity index (χ0n) is 16.5. The first-order valence-electron chi connectivity index (χ1n) is 9.75. The van der Waals surface area contributed by atoms with Gasteiger partial charge >= 0.3 is 0 Å². The lowest BCUT2D eigenvalue weighted by Crippen LogP contribution is -2.26. The number of halogens is 2. The molecular weight excluding hydrogens is 425 g/mol. The van der Waals surface area contributed by atoms with Crippen LogP contribution in [0, 0.1) is 17.7 Å². The van der Waals surface area contributed by atoms with E-state index in [1.807, 2.05) is 12.1 Å². The maximum atomic E-state index is 13.5. The summed E-state index contributed by atoms with van der Waals surface area (Å²) in [5.41, 5.74) is 1.85. The Morgan fingerprint density at radius 1 is 0.967 bits per heavy atom. The number of fused-ring (bicyclic) bond motifs is 2. The average Bonchev–Trinajstić information content (AvgIpc) is 3.24. The maximum Gasteiger partial charge on any atom is 0.208 e. The van der Waals surface area contributed by atoms with Crippen molar-refractivity contribution >= 4 is 38.8 Å². The van der Waals surface area contributed by atoms with Crippen LogP contribution in [-0.4, -0.2) is 51.5 Å². The van der Waals surface area contributed by atoms with E-state index in [0.29, 0.717) is 11.8 Å². The first kappa shape index (κ1) is 21.0. The Balaban J connectivity index is 0.00000218. The van der Waals surface area contributed by atoms with Gasteiger partial charge in [0.05, 0.1) is 21.0 Å². The van der Waals surface area contributed by atoms with E-state index in [2.05, 4.69) is 27.9 Å². The normalized spacial score (nSPS) is 21.6. The van der Waals surface area contributed by atoms with E-state index in [4.69, 9.17) is 0 Å². The topological polar surface area (TPSA) is 53.5 Å². The van der Waals surface area contributed by atoms with Crippen molar-refractivity contribution in [2.75, 3.05) is 38.1 Å². The third-order valence-electron chi connectivity index (χ3n) is 6.09. The Labute approximate surface area is 181 Å². The highest BCUT2D eigenvalue weighted by molar-refractivity contribution is 7.91. The molecule has 0 unspecified atom stereocenters. The van der Waals surface area contributed by atoms with Crippen molar-refractivity contribution in [3.63, 3.8) is 0 Å². The van der Waals surface area contributed by atoms with Crippen LogP contribution >= 0.6 is 12.4 Å². The molecule has 8 heteroatoms. The Bertz CT molecular complexity index is 1190. The molecule has 5 rings (SSSR count). The lowest BCUT2D eigenvalue weighted by Gasteiger charge is -2.22. The quantitative estimate of drug-likeness (QED) is 0.613. The van der Waals surface area contributed by atoms with E-state index < -0.39 is 15.7 Å².